The number of aliphatic hydroxyl groups excluding tert-OH is 1. The van der Waals surface area contributed by atoms with Crippen LogP contribution in [-0.2, 0) is 16.1 Å². The maximum absolute atomic E-state index is 12.8. The fraction of sp³-hybridized carbons (Fsp3) is 0.765. The zero-order chi connectivity index (χ0) is 19.1. The number of piperidine rings is 1. The molecular weight excluding hydrogens is 340 g/mol. The highest BCUT2D eigenvalue weighted by Gasteiger charge is 2.35. The average molecular weight is 368 g/mol. The Kier molecular flexibility index (Phi) is 7.52. The van der Waals surface area contributed by atoms with Crippen molar-refractivity contribution in [3.05, 3.63) is 11.7 Å². The van der Waals surface area contributed by atoms with Gasteiger partial charge in [0.1, 0.15) is 0 Å². The molecular formula is C17H28N4O5. The monoisotopic (exact) mass is 368 g/mol. The summed E-state index contributed by atoms with van der Waals surface area (Å²) in [4.78, 5) is 29.3. The lowest BCUT2D eigenvalue weighted by Crippen LogP contribution is -2.49. The highest BCUT2D eigenvalue weighted by Crippen LogP contribution is 2.35. The van der Waals surface area contributed by atoms with Gasteiger partial charge in [0, 0.05) is 25.6 Å². The molecule has 2 fully saturated rings. The molecule has 26 heavy (non-hydrogen) atoms. The van der Waals surface area contributed by atoms with Crippen molar-refractivity contribution in [2.24, 2.45) is 5.92 Å². The Labute approximate surface area is 153 Å². The lowest BCUT2D eigenvalue weighted by Gasteiger charge is -2.35. The van der Waals surface area contributed by atoms with Crippen LogP contribution in [0.3, 0.4) is 0 Å². The molecule has 3 rings (SSSR count). The first kappa shape index (κ1) is 20.3. The molecule has 2 aliphatic rings. The molecule has 1 saturated carbocycles. The van der Waals surface area contributed by atoms with Gasteiger partial charge in [0.05, 0.1) is 18.6 Å². The highest BCUT2D eigenvalue weighted by atomic mass is 16.5. The molecule has 0 aromatic carbocycles. The molecule has 2 heterocycles. The number of amides is 1. The SMILES string of the molecule is CCN(Cc1noc(C2CCC2)n1)C(=O)[C@@H]1CN(C)CC[C@@H]1O.O=CO. The normalized spacial score (nSPS) is 23.5. The van der Waals surface area contributed by atoms with Crippen LogP contribution in [0, 0.1) is 5.92 Å². The number of nitrogens with zero attached hydrogens (tertiary/aromatic N) is 4. The minimum Gasteiger partial charge on any atom is -0.483 e. The van der Waals surface area contributed by atoms with Crippen molar-refractivity contribution in [2.45, 2.75) is 51.2 Å². The maximum Gasteiger partial charge on any atom is 0.290 e. The lowest BCUT2D eigenvalue weighted by molar-refractivity contribution is -0.142. The first-order chi connectivity index (χ1) is 12.5. The number of carbonyl (C=O) groups excluding carboxylic acids is 1. The van der Waals surface area contributed by atoms with Crippen LogP contribution < -0.4 is 0 Å². The minimum absolute atomic E-state index is 0.0263. The third kappa shape index (κ3) is 5.01. The van der Waals surface area contributed by atoms with Crippen LogP contribution in [0.4, 0.5) is 0 Å². The number of aromatic nitrogens is 2. The predicted octanol–water partition coefficient (Wildman–Crippen LogP) is 0.699. The smallest absolute Gasteiger partial charge is 0.290 e. The molecule has 2 N–H and O–H groups in total. The van der Waals surface area contributed by atoms with E-state index in [2.05, 4.69) is 15.0 Å². The second kappa shape index (κ2) is 9.63. The summed E-state index contributed by atoms with van der Waals surface area (Å²) in [5.41, 5.74) is 0. The molecule has 1 aliphatic heterocycles. The van der Waals surface area contributed by atoms with Crippen molar-refractivity contribution >= 4 is 12.4 Å². The molecule has 1 aromatic heterocycles. The van der Waals surface area contributed by atoms with Crippen molar-refractivity contribution in [3.63, 3.8) is 0 Å². The van der Waals surface area contributed by atoms with E-state index in [1.807, 2.05) is 14.0 Å². The Morgan fingerprint density at radius 1 is 1.42 bits per heavy atom. The predicted molar refractivity (Wildman–Crippen MR) is 92.3 cm³/mol. The van der Waals surface area contributed by atoms with Crippen molar-refractivity contribution in [1.82, 2.24) is 19.9 Å². The topological polar surface area (TPSA) is 120 Å². The Morgan fingerprint density at radius 2 is 2.12 bits per heavy atom. The van der Waals surface area contributed by atoms with Gasteiger partial charge >= 0.3 is 0 Å². The molecule has 9 nitrogen and oxygen atoms in total. The van der Waals surface area contributed by atoms with Crippen LogP contribution in [0.2, 0.25) is 0 Å². The Hall–Kier alpha value is -2.00. The van der Waals surface area contributed by atoms with E-state index in [0.717, 1.165) is 19.4 Å². The van der Waals surface area contributed by atoms with E-state index in [0.29, 0.717) is 43.7 Å². The third-order valence-corrected chi connectivity index (χ3v) is 5.06. The van der Waals surface area contributed by atoms with Crippen LogP contribution >= 0.6 is 0 Å². The first-order valence-electron chi connectivity index (χ1n) is 9.05. The summed E-state index contributed by atoms with van der Waals surface area (Å²) in [6.07, 6.45) is 3.51. The van der Waals surface area contributed by atoms with Crippen LogP contribution in [0.1, 0.15) is 50.2 Å². The van der Waals surface area contributed by atoms with Gasteiger partial charge in [-0.25, -0.2) is 0 Å². The maximum atomic E-state index is 12.8. The Balaban J connectivity index is 0.000000758. The average Bonchev–Trinajstić information content (AvgIpc) is 3.01. The van der Waals surface area contributed by atoms with E-state index in [4.69, 9.17) is 14.4 Å². The van der Waals surface area contributed by atoms with E-state index >= 15 is 0 Å². The molecule has 0 unspecified atom stereocenters. The minimum atomic E-state index is -0.566. The zero-order valence-corrected chi connectivity index (χ0v) is 15.4. The summed E-state index contributed by atoms with van der Waals surface area (Å²) in [6, 6.07) is 0. The Morgan fingerprint density at radius 3 is 2.69 bits per heavy atom. The van der Waals surface area contributed by atoms with Crippen LogP contribution in [0.25, 0.3) is 0 Å². The number of hydrogen-bond donors (Lipinski definition) is 2. The summed E-state index contributed by atoms with van der Waals surface area (Å²) >= 11 is 0. The number of carboxylic acid groups (broad SMARTS) is 1. The molecule has 0 radical (unpaired) electrons. The van der Waals surface area contributed by atoms with Gasteiger partial charge in [-0.15, -0.1) is 0 Å². The third-order valence-electron chi connectivity index (χ3n) is 5.06. The van der Waals surface area contributed by atoms with Gasteiger partial charge in [0.25, 0.3) is 6.47 Å². The van der Waals surface area contributed by atoms with E-state index in [1.165, 1.54) is 6.42 Å². The molecule has 0 bridgehead atoms. The van der Waals surface area contributed by atoms with Crippen molar-refractivity contribution in [3.8, 4) is 0 Å². The quantitative estimate of drug-likeness (QED) is 0.729. The molecule has 146 valence electrons. The Bertz CT molecular complexity index is 589. The van der Waals surface area contributed by atoms with E-state index in [9.17, 15) is 9.90 Å². The standard InChI is InChI=1S/C16H26N4O3.CH2O2/c1-3-20(16(22)12-9-19(2)8-7-13(12)21)10-14-17-15(23-18-14)11-5-4-6-11;2-1-3/h11-13,21H,3-10H2,1-2H3;1H,(H,2,3)/t12-,13+;/m1./s1. The number of hydrogen-bond acceptors (Lipinski definition) is 7. The number of aliphatic hydroxyl groups is 1. The molecule has 2 atom stereocenters. The van der Waals surface area contributed by atoms with Crippen molar-refractivity contribution in [2.75, 3.05) is 26.7 Å². The summed E-state index contributed by atoms with van der Waals surface area (Å²) in [6.45, 7) is 4.02. The van der Waals surface area contributed by atoms with Crippen LogP contribution in [0.15, 0.2) is 4.52 Å². The molecule has 1 saturated heterocycles. The van der Waals surface area contributed by atoms with Crippen molar-refractivity contribution in [1.29, 1.82) is 0 Å². The number of rotatable bonds is 5. The number of likely N-dealkylation sites (tertiary alicyclic amines) is 1. The van der Waals surface area contributed by atoms with Crippen LogP contribution in [0.5, 0.6) is 0 Å². The van der Waals surface area contributed by atoms with Gasteiger partial charge in [-0.1, -0.05) is 11.6 Å². The second-order valence-corrected chi connectivity index (χ2v) is 6.86. The molecule has 1 aliphatic carbocycles. The molecule has 1 aromatic rings. The van der Waals surface area contributed by atoms with Gasteiger partial charge in [-0.05, 0) is 33.2 Å². The fourth-order valence-corrected chi connectivity index (χ4v) is 3.25. The zero-order valence-electron chi connectivity index (χ0n) is 15.4. The van der Waals surface area contributed by atoms with E-state index < -0.39 is 6.10 Å². The molecule has 0 spiro atoms. The molecule has 9 heteroatoms. The van der Waals surface area contributed by atoms with Crippen LogP contribution in [-0.4, -0.2) is 75.3 Å². The van der Waals surface area contributed by atoms with E-state index in [-0.39, 0.29) is 18.3 Å². The summed E-state index contributed by atoms with van der Waals surface area (Å²) in [7, 11) is 1.98. The molecule has 1 amide bonds. The van der Waals surface area contributed by atoms with Gasteiger partial charge in [-0.3, -0.25) is 9.59 Å². The fourth-order valence-electron chi connectivity index (χ4n) is 3.25. The van der Waals surface area contributed by atoms with E-state index in [1.54, 1.807) is 4.90 Å². The van der Waals surface area contributed by atoms with Gasteiger partial charge in [0.15, 0.2) is 5.82 Å². The van der Waals surface area contributed by atoms with Crippen molar-refractivity contribution < 1.29 is 24.3 Å². The number of carbonyl (C=O) groups is 2. The summed E-state index contributed by atoms with van der Waals surface area (Å²) in [5, 5.41) is 21.1. The van der Waals surface area contributed by atoms with Gasteiger partial charge in [-0.2, -0.15) is 4.98 Å². The van der Waals surface area contributed by atoms with Gasteiger partial charge in [0.2, 0.25) is 11.8 Å². The van der Waals surface area contributed by atoms with Gasteiger partial charge < -0.3 is 24.5 Å². The second-order valence-electron chi connectivity index (χ2n) is 6.86. The largest absolute Gasteiger partial charge is 0.483 e. The lowest BCUT2D eigenvalue weighted by atomic mass is 9.85. The first-order valence-corrected chi connectivity index (χ1v) is 9.05. The summed E-state index contributed by atoms with van der Waals surface area (Å²) in [5.74, 6) is 1.26. The summed E-state index contributed by atoms with van der Waals surface area (Å²) < 4.78 is 5.32. The highest BCUT2D eigenvalue weighted by molar-refractivity contribution is 5.79.